The molecule has 0 aromatic rings. The Morgan fingerprint density at radius 1 is 0.842 bits per heavy atom. The molecule has 0 spiro atoms. The quantitative estimate of drug-likeness (QED) is 0.352. The fourth-order valence-corrected chi connectivity index (χ4v) is 2.87. The third-order valence-corrected chi connectivity index (χ3v) is 4.16. The van der Waals surface area contributed by atoms with Gasteiger partial charge < -0.3 is 9.90 Å². The summed E-state index contributed by atoms with van der Waals surface area (Å²) in [6, 6.07) is 0. The van der Waals surface area contributed by atoms with Crippen molar-refractivity contribution in [1.82, 2.24) is 0 Å². The molecule has 0 bridgehead atoms. The molecule has 0 N–H and O–H groups in total. The third kappa shape index (κ3) is 21.9. The summed E-state index contributed by atoms with van der Waals surface area (Å²) in [5.74, 6) is 0.884. The standard InChI is InChI=1S/C15H30O2S.K/c1-2-3-4-5-6-7-8-9-10-11-13-18-14-12-15(16)17;/h2-14H2,1H3,(H,16,17);/q;+1/p-1. The second-order valence-electron chi connectivity index (χ2n) is 4.92. The predicted molar refractivity (Wildman–Crippen MR) is 78.8 cm³/mol. The topological polar surface area (TPSA) is 40.1 Å². The molecule has 108 valence electrons. The molecule has 0 aliphatic rings. The first-order valence-electron chi connectivity index (χ1n) is 7.55. The molecule has 2 nitrogen and oxygen atoms in total. The van der Waals surface area contributed by atoms with Gasteiger partial charge in [-0.2, -0.15) is 11.8 Å². The Bertz CT molecular complexity index is 189. The molecule has 0 aromatic carbocycles. The molecule has 19 heavy (non-hydrogen) atoms. The number of carboxylic acid groups (broad SMARTS) is 1. The largest absolute Gasteiger partial charge is 1.00 e. The van der Waals surface area contributed by atoms with E-state index in [9.17, 15) is 9.90 Å². The van der Waals surface area contributed by atoms with Crippen LogP contribution in [0.3, 0.4) is 0 Å². The number of carbonyl (C=O) groups is 1. The number of hydrogen-bond acceptors (Lipinski definition) is 3. The molecule has 0 atom stereocenters. The first kappa shape index (κ1) is 22.7. The Hall–Kier alpha value is 1.46. The summed E-state index contributed by atoms with van der Waals surface area (Å²) in [4.78, 5) is 10.2. The smallest absolute Gasteiger partial charge is 0.550 e. The van der Waals surface area contributed by atoms with E-state index in [0.717, 1.165) is 5.75 Å². The van der Waals surface area contributed by atoms with Crippen LogP contribution in [-0.4, -0.2) is 17.5 Å². The van der Waals surface area contributed by atoms with E-state index in [4.69, 9.17) is 0 Å². The normalized spacial score (nSPS) is 10.2. The summed E-state index contributed by atoms with van der Waals surface area (Å²) >= 11 is 1.74. The van der Waals surface area contributed by atoms with Crippen LogP contribution in [0.15, 0.2) is 0 Å². The molecular formula is C15H29KO2S. The van der Waals surface area contributed by atoms with Gasteiger partial charge in [-0.05, 0) is 24.3 Å². The van der Waals surface area contributed by atoms with E-state index >= 15 is 0 Å². The summed E-state index contributed by atoms with van der Waals surface area (Å²) < 4.78 is 0. The summed E-state index contributed by atoms with van der Waals surface area (Å²) in [6.45, 7) is 2.25. The van der Waals surface area contributed by atoms with Crippen LogP contribution in [0.25, 0.3) is 0 Å². The van der Waals surface area contributed by atoms with Gasteiger partial charge in [0.25, 0.3) is 0 Å². The molecule has 0 aromatic heterocycles. The van der Waals surface area contributed by atoms with Gasteiger partial charge in [-0.15, -0.1) is 0 Å². The summed E-state index contributed by atoms with van der Waals surface area (Å²) in [5.41, 5.74) is 0. The van der Waals surface area contributed by atoms with Crippen LogP contribution in [0.2, 0.25) is 0 Å². The molecule has 0 saturated heterocycles. The Labute approximate surface area is 166 Å². The Morgan fingerprint density at radius 2 is 1.32 bits per heavy atom. The fourth-order valence-electron chi connectivity index (χ4n) is 1.95. The van der Waals surface area contributed by atoms with Crippen LogP contribution in [0, 0.1) is 0 Å². The number of unbranched alkanes of at least 4 members (excludes halogenated alkanes) is 9. The van der Waals surface area contributed by atoms with Crippen LogP contribution < -0.4 is 56.5 Å². The summed E-state index contributed by atoms with van der Waals surface area (Å²) in [7, 11) is 0. The monoisotopic (exact) mass is 312 g/mol. The van der Waals surface area contributed by atoms with Gasteiger partial charge in [0.15, 0.2) is 0 Å². The van der Waals surface area contributed by atoms with E-state index in [-0.39, 0.29) is 57.8 Å². The van der Waals surface area contributed by atoms with Gasteiger partial charge in [0.05, 0.1) is 0 Å². The number of aliphatic carboxylic acids is 1. The molecular weight excluding hydrogens is 283 g/mol. The maximum Gasteiger partial charge on any atom is 1.00 e. The SMILES string of the molecule is CCCCCCCCCCCCSCCC(=O)[O-].[K+]. The fraction of sp³-hybridized carbons (Fsp3) is 0.933. The van der Waals surface area contributed by atoms with Crippen molar-refractivity contribution in [2.24, 2.45) is 0 Å². The Kier molecular flexibility index (Phi) is 23.3. The predicted octanol–water partition coefficient (Wildman–Crippen LogP) is 0.785. The zero-order valence-corrected chi connectivity index (χ0v) is 16.9. The molecule has 4 heteroatoms. The molecule has 0 rings (SSSR count). The van der Waals surface area contributed by atoms with E-state index in [0.29, 0.717) is 5.75 Å². The van der Waals surface area contributed by atoms with Crippen molar-refractivity contribution >= 4 is 17.7 Å². The Balaban J connectivity index is 0. The summed E-state index contributed by atoms with van der Waals surface area (Å²) in [5, 5.41) is 10.2. The minimum absolute atomic E-state index is 0. The van der Waals surface area contributed by atoms with Gasteiger partial charge in [0.2, 0.25) is 0 Å². The summed E-state index contributed by atoms with van der Waals surface area (Å²) in [6.07, 6.45) is 13.8. The van der Waals surface area contributed by atoms with E-state index in [1.165, 1.54) is 64.2 Å². The van der Waals surface area contributed by atoms with E-state index in [2.05, 4.69) is 6.92 Å². The molecule has 0 aliphatic carbocycles. The molecule has 0 heterocycles. The average molecular weight is 313 g/mol. The number of carboxylic acids is 1. The van der Waals surface area contributed by atoms with Crippen LogP contribution in [0.1, 0.15) is 77.6 Å². The molecule has 0 unspecified atom stereocenters. The number of hydrogen-bond donors (Lipinski definition) is 0. The molecule has 0 amide bonds. The number of thioether (sulfide) groups is 1. The second-order valence-corrected chi connectivity index (χ2v) is 6.14. The van der Waals surface area contributed by atoms with Crippen molar-refractivity contribution in [3.63, 3.8) is 0 Å². The van der Waals surface area contributed by atoms with Gasteiger partial charge in [-0.1, -0.05) is 64.7 Å². The number of carbonyl (C=O) groups excluding carboxylic acids is 1. The van der Waals surface area contributed by atoms with Crippen LogP contribution in [0.4, 0.5) is 0 Å². The van der Waals surface area contributed by atoms with Crippen molar-refractivity contribution in [2.45, 2.75) is 77.6 Å². The van der Waals surface area contributed by atoms with Crippen molar-refractivity contribution in [1.29, 1.82) is 0 Å². The van der Waals surface area contributed by atoms with E-state index < -0.39 is 5.97 Å². The van der Waals surface area contributed by atoms with Crippen molar-refractivity contribution in [2.75, 3.05) is 11.5 Å². The first-order chi connectivity index (χ1) is 8.77. The molecule has 0 fully saturated rings. The van der Waals surface area contributed by atoms with Gasteiger partial charge in [-0.25, -0.2) is 0 Å². The maximum atomic E-state index is 10.2. The first-order valence-corrected chi connectivity index (χ1v) is 8.70. The molecule has 0 aliphatic heterocycles. The van der Waals surface area contributed by atoms with E-state index in [1.54, 1.807) is 11.8 Å². The minimum atomic E-state index is -0.925. The van der Waals surface area contributed by atoms with Crippen LogP contribution in [-0.2, 0) is 4.79 Å². The van der Waals surface area contributed by atoms with Crippen molar-refractivity contribution in [3.8, 4) is 0 Å². The van der Waals surface area contributed by atoms with Crippen LogP contribution in [0.5, 0.6) is 0 Å². The second kappa shape index (κ2) is 19.5. The number of rotatable bonds is 14. The van der Waals surface area contributed by atoms with Crippen molar-refractivity contribution < 1.29 is 61.3 Å². The zero-order valence-electron chi connectivity index (χ0n) is 12.9. The van der Waals surface area contributed by atoms with E-state index in [1.807, 2.05) is 0 Å². The van der Waals surface area contributed by atoms with Crippen LogP contribution >= 0.6 is 11.8 Å². The van der Waals surface area contributed by atoms with Gasteiger partial charge >= 0.3 is 51.4 Å². The van der Waals surface area contributed by atoms with Gasteiger partial charge in [-0.3, -0.25) is 0 Å². The van der Waals surface area contributed by atoms with Gasteiger partial charge in [0.1, 0.15) is 0 Å². The van der Waals surface area contributed by atoms with Gasteiger partial charge in [0, 0.05) is 5.97 Å². The molecule has 0 saturated carbocycles. The zero-order chi connectivity index (χ0) is 13.5. The van der Waals surface area contributed by atoms with Crippen molar-refractivity contribution in [3.05, 3.63) is 0 Å². The Morgan fingerprint density at radius 3 is 1.79 bits per heavy atom. The minimum Gasteiger partial charge on any atom is -0.550 e. The average Bonchev–Trinajstić information content (AvgIpc) is 2.34. The third-order valence-electron chi connectivity index (χ3n) is 3.09. The maximum absolute atomic E-state index is 10.2. The molecule has 0 radical (unpaired) electrons.